The number of rotatable bonds is 5. The topological polar surface area (TPSA) is 0 Å². The van der Waals surface area contributed by atoms with E-state index in [2.05, 4.69) is 38.8 Å². The van der Waals surface area contributed by atoms with E-state index < -0.39 is 0 Å². The molecule has 0 spiro atoms. The minimum atomic E-state index is -0.190. The molecule has 1 aromatic rings. The summed E-state index contributed by atoms with van der Waals surface area (Å²) in [6, 6.07) is 5.27. The van der Waals surface area contributed by atoms with E-state index in [1.165, 1.54) is 24.5 Å². The molecule has 1 atom stereocenters. The molecule has 0 nitrogen and oxygen atoms in total. The van der Waals surface area contributed by atoms with Crippen molar-refractivity contribution >= 4 is 31.9 Å². The van der Waals surface area contributed by atoms with Crippen molar-refractivity contribution in [1.82, 2.24) is 0 Å². The Hall–Kier alpha value is 0.110. The molecule has 1 unspecified atom stereocenters. The molecule has 0 bridgehead atoms. The van der Waals surface area contributed by atoms with Crippen molar-refractivity contribution in [1.29, 1.82) is 0 Å². The summed E-state index contributed by atoms with van der Waals surface area (Å²) in [6.07, 6.45) is 3.41. The molecule has 0 N–H and O–H groups in total. The zero-order chi connectivity index (χ0) is 11.3. The molecule has 1 aromatic carbocycles. The third-order valence-electron chi connectivity index (χ3n) is 2.42. The van der Waals surface area contributed by atoms with Crippen LogP contribution in [-0.2, 0) is 6.42 Å². The van der Waals surface area contributed by atoms with Crippen LogP contribution in [0.4, 0.5) is 4.39 Å². The van der Waals surface area contributed by atoms with Crippen LogP contribution < -0.4 is 0 Å². The van der Waals surface area contributed by atoms with E-state index in [4.69, 9.17) is 0 Å². The normalized spacial score (nSPS) is 12.8. The lowest BCUT2D eigenvalue weighted by molar-refractivity contribution is 0.533. The zero-order valence-corrected chi connectivity index (χ0v) is 11.9. The molecular weight excluding hydrogens is 323 g/mol. The van der Waals surface area contributed by atoms with Gasteiger partial charge in [0.25, 0.3) is 0 Å². The van der Waals surface area contributed by atoms with Crippen LogP contribution >= 0.6 is 31.9 Å². The van der Waals surface area contributed by atoms with Gasteiger partial charge in [-0.1, -0.05) is 35.3 Å². The molecule has 0 amide bonds. The van der Waals surface area contributed by atoms with Gasteiger partial charge in [0.1, 0.15) is 5.82 Å². The van der Waals surface area contributed by atoms with Crippen LogP contribution in [0.5, 0.6) is 0 Å². The summed E-state index contributed by atoms with van der Waals surface area (Å²) in [4.78, 5) is 0. The first kappa shape index (κ1) is 13.2. The van der Waals surface area contributed by atoms with Gasteiger partial charge >= 0.3 is 0 Å². The Morgan fingerprint density at radius 3 is 2.67 bits per heavy atom. The molecule has 0 saturated heterocycles. The molecule has 1 rings (SSSR count). The fraction of sp³-hybridized carbons (Fsp3) is 0.500. The highest BCUT2D eigenvalue weighted by Crippen LogP contribution is 2.21. The van der Waals surface area contributed by atoms with Crippen LogP contribution in [0, 0.1) is 11.7 Å². The number of benzene rings is 1. The van der Waals surface area contributed by atoms with E-state index in [0.29, 0.717) is 10.4 Å². The maximum atomic E-state index is 13.0. The van der Waals surface area contributed by atoms with E-state index in [0.717, 1.165) is 11.8 Å². The second-order valence-corrected chi connectivity index (χ2v) is 5.26. The fourth-order valence-electron chi connectivity index (χ4n) is 1.64. The highest BCUT2D eigenvalue weighted by molar-refractivity contribution is 9.10. The average molecular weight is 338 g/mol. The minimum absolute atomic E-state index is 0.190. The van der Waals surface area contributed by atoms with Gasteiger partial charge in [-0.2, -0.15) is 0 Å². The van der Waals surface area contributed by atoms with E-state index >= 15 is 0 Å². The summed E-state index contributed by atoms with van der Waals surface area (Å²) in [5.41, 5.74) is 1.20. The van der Waals surface area contributed by atoms with Crippen molar-refractivity contribution in [2.75, 3.05) is 5.33 Å². The Morgan fingerprint density at radius 1 is 1.40 bits per heavy atom. The molecule has 84 valence electrons. The van der Waals surface area contributed by atoms with Gasteiger partial charge in [0, 0.05) is 5.33 Å². The Labute approximate surface area is 108 Å². The number of halogens is 3. The fourth-order valence-corrected chi connectivity index (χ4v) is 2.62. The van der Waals surface area contributed by atoms with Gasteiger partial charge in [-0.25, -0.2) is 4.39 Å². The zero-order valence-electron chi connectivity index (χ0n) is 8.77. The molecule has 15 heavy (non-hydrogen) atoms. The Morgan fingerprint density at radius 2 is 2.13 bits per heavy atom. The maximum absolute atomic E-state index is 13.0. The third kappa shape index (κ3) is 4.23. The van der Waals surface area contributed by atoms with Crippen molar-refractivity contribution < 1.29 is 4.39 Å². The molecule has 0 heterocycles. The Bertz CT molecular complexity index is 312. The van der Waals surface area contributed by atoms with Gasteiger partial charge in [0.05, 0.1) is 4.47 Å². The smallest absolute Gasteiger partial charge is 0.137 e. The van der Waals surface area contributed by atoms with E-state index in [9.17, 15) is 4.39 Å². The molecule has 0 aliphatic rings. The molecule has 0 radical (unpaired) electrons. The van der Waals surface area contributed by atoms with Crippen molar-refractivity contribution in [3.63, 3.8) is 0 Å². The standard InChI is InChI=1S/C12H15Br2F/c1-2-3-10(8-13)6-9-4-5-12(15)11(14)7-9/h4-5,7,10H,2-3,6,8H2,1H3. The highest BCUT2D eigenvalue weighted by atomic mass is 79.9. The van der Waals surface area contributed by atoms with Crippen molar-refractivity contribution in [3.8, 4) is 0 Å². The molecule has 0 aliphatic heterocycles. The predicted molar refractivity (Wildman–Crippen MR) is 70.0 cm³/mol. The average Bonchev–Trinajstić information content (AvgIpc) is 2.23. The van der Waals surface area contributed by atoms with E-state index in [1.807, 2.05) is 12.1 Å². The van der Waals surface area contributed by atoms with Crippen molar-refractivity contribution in [2.45, 2.75) is 26.2 Å². The van der Waals surface area contributed by atoms with Crippen molar-refractivity contribution in [2.24, 2.45) is 5.92 Å². The summed E-state index contributed by atoms with van der Waals surface area (Å²) in [7, 11) is 0. The Balaban J connectivity index is 2.66. The predicted octanol–water partition coefficient (Wildman–Crippen LogP) is 4.94. The van der Waals surface area contributed by atoms with Crippen molar-refractivity contribution in [3.05, 3.63) is 34.1 Å². The second-order valence-electron chi connectivity index (χ2n) is 3.76. The lowest BCUT2D eigenvalue weighted by Crippen LogP contribution is -2.05. The molecule has 0 fully saturated rings. The highest BCUT2D eigenvalue weighted by Gasteiger charge is 2.08. The maximum Gasteiger partial charge on any atom is 0.137 e. The van der Waals surface area contributed by atoms with Crippen LogP contribution in [0.25, 0.3) is 0 Å². The summed E-state index contributed by atoms with van der Waals surface area (Å²) >= 11 is 6.73. The monoisotopic (exact) mass is 336 g/mol. The van der Waals surface area contributed by atoms with Gasteiger partial charge in [-0.05, 0) is 52.4 Å². The van der Waals surface area contributed by atoms with Gasteiger partial charge in [-0.15, -0.1) is 0 Å². The van der Waals surface area contributed by atoms with Crippen LogP contribution in [0.15, 0.2) is 22.7 Å². The van der Waals surface area contributed by atoms with E-state index in [-0.39, 0.29) is 5.82 Å². The van der Waals surface area contributed by atoms with Gasteiger partial charge in [-0.3, -0.25) is 0 Å². The molecular formula is C12H15Br2F. The van der Waals surface area contributed by atoms with Crippen LogP contribution in [0.1, 0.15) is 25.3 Å². The molecule has 0 aliphatic carbocycles. The van der Waals surface area contributed by atoms with Crippen LogP contribution in [0.2, 0.25) is 0 Å². The molecule has 0 saturated carbocycles. The van der Waals surface area contributed by atoms with Crippen LogP contribution in [-0.4, -0.2) is 5.33 Å². The van der Waals surface area contributed by atoms with Gasteiger partial charge in [0.15, 0.2) is 0 Å². The molecule has 3 heteroatoms. The van der Waals surface area contributed by atoms with E-state index in [1.54, 1.807) is 0 Å². The van der Waals surface area contributed by atoms with Gasteiger partial charge in [0.2, 0.25) is 0 Å². The number of hydrogen-bond donors (Lipinski definition) is 0. The quantitative estimate of drug-likeness (QED) is 0.667. The SMILES string of the molecule is CCCC(CBr)Cc1ccc(F)c(Br)c1. The minimum Gasteiger partial charge on any atom is -0.206 e. The summed E-state index contributed by atoms with van der Waals surface area (Å²) < 4.78 is 13.6. The first-order valence-corrected chi connectivity index (χ1v) is 7.08. The van der Waals surface area contributed by atoms with Gasteiger partial charge < -0.3 is 0 Å². The summed E-state index contributed by atoms with van der Waals surface area (Å²) in [6.45, 7) is 2.19. The lowest BCUT2D eigenvalue weighted by Gasteiger charge is -2.13. The summed E-state index contributed by atoms with van der Waals surface area (Å²) in [5.74, 6) is 0.456. The second kappa shape index (κ2) is 6.64. The Kier molecular flexibility index (Phi) is 5.83. The number of alkyl halides is 1. The number of hydrogen-bond acceptors (Lipinski definition) is 0. The molecule has 0 aromatic heterocycles. The lowest BCUT2D eigenvalue weighted by atomic mass is 9.97. The largest absolute Gasteiger partial charge is 0.206 e. The first-order chi connectivity index (χ1) is 7.17. The third-order valence-corrected chi connectivity index (χ3v) is 3.95. The summed E-state index contributed by atoms with van der Waals surface area (Å²) in [5, 5.41) is 1.01. The van der Waals surface area contributed by atoms with Crippen LogP contribution in [0.3, 0.4) is 0 Å². The first-order valence-electron chi connectivity index (χ1n) is 5.17.